The molecule has 0 aromatic heterocycles. The van der Waals surface area contributed by atoms with Crippen LogP contribution in [-0.4, -0.2) is 50.6 Å². The number of hydrogen-bond donors (Lipinski definition) is 1. The molecule has 0 heterocycles. The highest BCUT2D eigenvalue weighted by Crippen LogP contribution is 2.05. The van der Waals surface area contributed by atoms with E-state index in [1.54, 1.807) is 4.90 Å². The molecule has 0 atom stereocenters. The molecule has 0 aliphatic heterocycles. The minimum absolute atomic E-state index is 0.114. The van der Waals surface area contributed by atoms with E-state index in [4.69, 9.17) is 0 Å². The van der Waals surface area contributed by atoms with Crippen LogP contribution in [0.15, 0.2) is 0 Å². The first kappa shape index (κ1) is 16.9. The number of nitrogens with zero attached hydrogens (tertiary/aromatic N) is 1. The molecule has 106 valence electrons. The third-order valence-corrected chi connectivity index (χ3v) is 2.57. The predicted octanol–water partition coefficient (Wildman–Crippen LogP) is 1.03. The summed E-state index contributed by atoms with van der Waals surface area (Å²) in [7, 11) is 3.23. The van der Waals surface area contributed by atoms with Crippen molar-refractivity contribution in [2.24, 2.45) is 5.92 Å². The van der Waals surface area contributed by atoms with Crippen LogP contribution in [0.25, 0.3) is 0 Å². The molecule has 0 saturated carbocycles. The fourth-order valence-corrected chi connectivity index (χ4v) is 1.66. The van der Waals surface area contributed by atoms with Crippen molar-refractivity contribution in [2.45, 2.75) is 33.1 Å². The second kappa shape index (κ2) is 9.88. The van der Waals surface area contributed by atoms with Crippen molar-refractivity contribution >= 4 is 11.9 Å². The number of amides is 1. The Morgan fingerprint density at radius 3 is 2.44 bits per heavy atom. The Balaban J connectivity index is 4.19. The summed E-state index contributed by atoms with van der Waals surface area (Å²) < 4.78 is 4.60. The zero-order valence-electron chi connectivity index (χ0n) is 12.0. The molecule has 1 N–H and O–H groups in total. The maximum absolute atomic E-state index is 12.0. The van der Waals surface area contributed by atoms with E-state index < -0.39 is 0 Å². The molecule has 0 aliphatic carbocycles. The van der Waals surface area contributed by atoms with Gasteiger partial charge in [-0.2, -0.15) is 0 Å². The minimum Gasteiger partial charge on any atom is -0.469 e. The zero-order valence-corrected chi connectivity index (χ0v) is 12.0. The first-order valence-electron chi connectivity index (χ1n) is 6.50. The van der Waals surface area contributed by atoms with Crippen molar-refractivity contribution in [3.63, 3.8) is 0 Å². The van der Waals surface area contributed by atoms with Gasteiger partial charge >= 0.3 is 5.97 Å². The maximum atomic E-state index is 12.0. The van der Waals surface area contributed by atoms with Gasteiger partial charge in [-0.1, -0.05) is 13.8 Å². The molecule has 0 fully saturated rings. The maximum Gasteiger partial charge on any atom is 0.307 e. The molecule has 5 nitrogen and oxygen atoms in total. The molecular formula is C13H26N2O3. The van der Waals surface area contributed by atoms with E-state index in [1.165, 1.54) is 7.11 Å². The van der Waals surface area contributed by atoms with Crippen molar-refractivity contribution in [3.8, 4) is 0 Å². The Morgan fingerprint density at radius 2 is 1.94 bits per heavy atom. The molecule has 0 aromatic rings. The van der Waals surface area contributed by atoms with Gasteiger partial charge in [0.05, 0.1) is 13.5 Å². The van der Waals surface area contributed by atoms with Crippen molar-refractivity contribution in [1.82, 2.24) is 10.2 Å². The molecule has 0 spiro atoms. The van der Waals surface area contributed by atoms with Gasteiger partial charge in [0.1, 0.15) is 0 Å². The van der Waals surface area contributed by atoms with Crippen LogP contribution < -0.4 is 5.32 Å². The van der Waals surface area contributed by atoms with Crippen LogP contribution in [-0.2, 0) is 14.3 Å². The van der Waals surface area contributed by atoms with Crippen molar-refractivity contribution in [3.05, 3.63) is 0 Å². The summed E-state index contributed by atoms with van der Waals surface area (Å²) in [5.41, 5.74) is 0. The molecule has 0 rings (SSSR count). The summed E-state index contributed by atoms with van der Waals surface area (Å²) in [6.07, 6.45) is 1.61. The average molecular weight is 258 g/mol. The largest absolute Gasteiger partial charge is 0.469 e. The summed E-state index contributed by atoms with van der Waals surface area (Å²) in [4.78, 5) is 24.9. The number of ether oxygens (including phenoxy) is 1. The van der Waals surface area contributed by atoms with E-state index >= 15 is 0 Å². The lowest BCUT2D eigenvalue weighted by Crippen LogP contribution is -2.36. The minimum atomic E-state index is -0.271. The average Bonchev–Trinajstić information content (AvgIpc) is 2.33. The lowest BCUT2D eigenvalue weighted by Gasteiger charge is -2.24. The molecule has 18 heavy (non-hydrogen) atoms. The van der Waals surface area contributed by atoms with E-state index in [1.807, 2.05) is 7.05 Å². The van der Waals surface area contributed by atoms with E-state index in [-0.39, 0.29) is 18.3 Å². The van der Waals surface area contributed by atoms with Crippen molar-refractivity contribution < 1.29 is 14.3 Å². The van der Waals surface area contributed by atoms with Gasteiger partial charge in [-0.15, -0.1) is 0 Å². The number of carbonyl (C=O) groups is 2. The monoisotopic (exact) mass is 258 g/mol. The molecule has 0 bridgehead atoms. The van der Waals surface area contributed by atoms with Gasteiger partial charge in [0.25, 0.3) is 0 Å². The molecule has 0 saturated heterocycles. The molecule has 0 radical (unpaired) electrons. The summed E-state index contributed by atoms with van der Waals surface area (Å²) in [6.45, 7) is 6.09. The number of hydrogen-bond acceptors (Lipinski definition) is 4. The van der Waals surface area contributed by atoms with Crippen LogP contribution in [0, 0.1) is 5.92 Å². The molecule has 0 aliphatic rings. The number of methoxy groups -OCH3 is 1. The van der Waals surface area contributed by atoms with Crippen molar-refractivity contribution in [2.75, 3.05) is 33.8 Å². The van der Waals surface area contributed by atoms with Gasteiger partial charge in [0, 0.05) is 19.5 Å². The number of carbonyl (C=O) groups excluding carboxylic acids is 2. The van der Waals surface area contributed by atoms with E-state index in [2.05, 4.69) is 23.9 Å². The second-order valence-electron chi connectivity index (χ2n) is 4.77. The summed E-state index contributed by atoms with van der Waals surface area (Å²) in [6, 6.07) is 0. The van der Waals surface area contributed by atoms with Gasteiger partial charge in [0.15, 0.2) is 0 Å². The number of nitrogens with one attached hydrogen (secondary N) is 1. The van der Waals surface area contributed by atoms with Gasteiger partial charge < -0.3 is 15.0 Å². The molecular weight excluding hydrogens is 232 g/mol. The highest BCUT2D eigenvalue weighted by atomic mass is 16.5. The quantitative estimate of drug-likeness (QED) is 0.496. The Hall–Kier alpha value is -1.10. The Morgan fingerprint density at radius 1 is 1.28 bits per heavy atom. The Kier molecular flexibility index (Phi) is 9.28. The fraction of sp³-hybridized carbons (Fsp3) is 0.846. The summed E-state index contributed by atoms with van der Waals surface area (Å²) in [5.74, 6) is 0.241. The smallest absolute Gasteiger partial charge is 0.307 e. The number of rotatable bonds is 9. The van der Waals surface area contributed by atoms with Crippen LogP contribution in [0.3, 0.4) is 0 Å². The lowest BCUT2D eigenvalue weighted by atomic mass is 10.1. The Labute approximate surface area is 110 Å². The van der Waals surface area contributed by atoms with Crippen LogP contribution in [0.4, 0.5) is 0 Å². The summed E-state index contributed by atoms with van der Waals surface area (Å²) >= 11 is 0. The highest BCUT2D eigenvalue weighted by Gasteiger charge is 2.15. The van der Waals surface area contributed by atoms with Crippen LogP contribution in [0.1, 0.15) is 33.1 Å². The second-order valence-corrected chi connectivity index (χ2v) is 4.77. The van der Waals surface area contributed by atoms with Gasteiger partial charge in [-0.25, -0.2) is 0 Å². The highest BCUT2D eigenvalue weighted by molar-refractivity contribution is 5.77. The first-order chi connectivity index (χ1) is 8.51. The van der Waals surface area contributed by atoms with E-state index in [0.29, 0.717) is 25.4 Å². The topological polar surface area (TPSA) is 58.6 Å². The zero-order chi connectivity index (χ0) is 14.0. The first-order valence-corrected chi connectivity index (χ1v) is 6.50. The Bertz CT molecular complexity index is 255. The third-order valence-electron chi connectivity index (χ3n) is 2.57. The van der Waals surface area contributed by atoms with Crippen LogP contribution in [0.2, 0.25) is 0 Å². The van der Waals surface area contributed by atoms with Crippen molar-refractivity contribution in [1.29, 1.82) is 0 Å². The molecule has 0 aromatic carbocycles. The van der Waals surface area contributed by atoms with E-state index in [9.17, 15) is 9.59 Å². The number of esters is 1. The van der Waals surface area contributed by atoms with Crippen LogP contribution in [0.5, 0.6) is 0 Å². The fourth-order valence-electron chi connectivity index (χ4n) is 1.66. The normalized spacial score (nSPS) is 10.5. The molecule has 1 amide bonds. The van der Waals surface area contributed by atoms with Gasteiger partial charge in [-0.05, 0) is 25.9 Å². The van der Waals surface area contributed by atoms with Gasteiger partial charge in [0.2, 0.25) is 5.91 Å². The SMILES string of the molecule is CNCCCC(=O)N(CCC(=O)OC)CC(C)C. The van der Waals surface area contributed by atoms with E-state index in [0.717, 1.165) is 13.0 Å². The third kappa shape index (κ3) is 8.06. The molecule has 5 heteroatoms. The lowest BCUT2D eigenvalue weighted by molar-refractivity contribution is -0.141. The standard InChI is InChI=1S/C13H26N2O3/c1-11(2)10-15(9-7-13(17)18-4)12(16)6-5-8-14-3/h11,14H,5-10H2,1-4H3. The molecule has 0 unspecified atom stereocenters. The predicted molar refractivity (Wildman–Crippen MR) is 71.2 cm³/mol. The van der Waals surface area contributed by atoms with Crippen LogP contribution >= 0.6 is 0 Å². The van der Waals surface area contributed by atoms with Gasteiger partial charge in [-0.3, -0.25) is 9.59 Å². The summed E-state index contributed by atoms with van der Waals surface area (Å²) in [5, 5.41) is 3.02.